The molecule has 0 saturated carbocycles. The van der Waals surface area contributed by atoms with Gasteiger partial charge >= 0.3 is 0 Å². The van der Waals surface area contributed by atoms with E-state index in [1.165, 1.54) is 15.3 Å². The third-order valence-corrected chi connectivity index (χ3v) is 4.05. The summed E-state index contributed by atoms with van der Waals surface area (Å²) in [7, 11) is 0. The molecule has 0 bridgehead atoms. The number of aromatic nitrogens is 2. The fourth-order valence-corrected chi connectivity index (χ4v) is 3.04. The molecule has 0 aliphatic carbocycles. The Bertz CT molecular complexity index is 507. The fraction of sp³-hybridized carbons (Fsp3) is 0.333. The van der Waals surface area contributed by atoms with Crippen molar-refractivity contribution in [2.75, 3.05) is 5.32 Å². The van der Waals surface area contributed by atoms with Crippen molar-refractivity contribution >= 4 is 39.9 Å². The molecule has 0 amide bonds. The van der Waals surface area contributed by atoms with Crippen molar-refractivity contribution in [1.82, 2.24) is 9.97 Å². The molecule has 2 aromatic rings. The molecule has 3 nitrogen and oxygen atoms in total. The van der Waals surface area contributed by atoms with E-state index in [1.807, 2.05) is 23.7 Å². The number of hydrogen-bond donors (Lipinski definition) is 1. The Balaban J connectivity index is 2.14. The second kappa shape index (κ2) is 5.30. The summed E-state index contributed by atoms with van der Waals surface area (Å²) in [5, 5.41) is 3.32. The highest BCUT2D eigenvalue weighted by Gasteiger charge is 2.11. The fourth-order valence-electron chi connectivity index (χ4n) is 1.74. The molecule has 1 N–H and O–H groups in total. The zero-order chi connectivity index (χ0) is 12.4. The van der Waals surface area contributed by atoms with Gasteiger partial charge in [0.2, 0.25) is 5.95 Å². The number of rotatable bonds is 3. The first-order chi connectivity index (χ1) is 8.06. The molecular weight excluding hydrogens is 345 g/mol. The van der Waals surface area contributed by atoms with E-state index in [2.05, 4.69) is 64.7 Å². The predicted octanol–water partition coefficient (Wildman–Crippen LogP) is 3.93. The van der Waals surface area contributed by atoms with Crippen LogP contribution in [0.4, 0.5) is 5.95 Å². The summed E-state index contributed by atoms with van der Waals surface area (Å²) < 4.78 is 1.04. The summed E-state index contributed by atoms with van der Waals surface area (Å²) in [5.74, 6) is 0.682. The van der Waals surface area contributed by atoms with Gasteiger partial charge < -0.3 is 5.32 Å². The van der Waals surface area contributed by atoms with Crippen LogP contribution in [-0.2, 0) is 0 Å². The van der Waals surface area contributed by atoms with Crippen LogP contribution in [0.1, 0.15) is 28.3 Å². The molecule has 5 heteroatoms. The molecule has 0 aliphatic rings. The number of anilines is 1. The molecule has 0 aliphatic heterocycles. The van der Waals surface area contributed by atoms with Crippen molar-refractivity contribution in [3.8, 4) is 0 Å². The van der Waals surface area contributed by atoms with Crippen LogP contribution in [0.15, 0.2) is 18.5 Å². The Morgan fingerprint density at radius 1 is 1.29 bits per heavy atom. The van der Waals surface area contributed by atoms with Gasteiger partial charge in [0.1, 0.15) is 0 Å². The third-order valence-electron chi connectivity index (χ3n) is 2.51. The summed E-state index contributed by atoms with van der Waals surface area (Å²) in [5.41, 5.74) is 1.33. The van der Waals surface area contributed by atoms with E-state index in [0.29, 0.717) is 5.95 Å². The highest BCUT2D eigenvalue weighted by Crippen LogP contribution is 2.27. The first-order valence-electron chi connectivity index (χ1n) is 5.37. The molecule has 0 aromatic carbocycles. The van der Waals surface area contributed by atoms with Crippen LogP contribution in [0.5, 0.6) is 0 Å². The van der Waals surface area contributed by atoms with E-state index in [-0.39, 0.29) is 6.04 Å². The van der Waals surface area contributed by atoms with Gasteiger partial charge in [-0.05, 0) is 55.0 Å². The van der Waals surface area contributed by atoms with E-state index >= 15 is 0 Å². The molecule has 17 heavy (non-hydrogen) atoms. The van der Waals surface area contributed by atoms with Crippen molar-refractivity contribution < 1.29 is 0 Å². The summed E-state index contributed by atoms with van der Waals surface area (Å²) in [6, 6.07) is 2.46. The standard InChI is InChI=1S/C12H14IN3S/c1-7-4-11(9(3)17-7)8(2)16-12-14-5-10(13)6-15-12/h4-6,8H,1-3H3,(H,14,15,16). The Hall–Kier alpha value is -0.690. The molecular formula is C12H14IN3S. The Kier molecular flexibility index (Phi) is 3.98. The van der Waals surface area contributed by atoms with E-state index in [4.69, 9.17) is 0 Å². The van der Waals surface area contributed by atoms with E-state index in [1.54, 1.807) is 0 Å². The van der Waals surface area contributed by atoms with Gasteiger partial charge in [-0.1, -0.05) is 0 Å². The molecule has 0 saturated heterocycles. The first kappa shape index (κ1) is 12.8. The second-order valence-corrected chi connectivity index (χ2v) is 6.67. The first-order valence-corrected chi connectivity index (χ1v) is 7.27. The lowest BCUT2D eigenvalue weighted by atomic mass is 10.1. The van der Waals surface area contributed by atoms with Crippen LogP contribution in [0, 0.1) is 17.4 Å². The van der Waals surface area contributed by atoms with Crippen LogP contribution in [0.2, 0.25) is 0 Å². The van der Waals surface area contributed by atoms with E-state index in [9.17, 15) is 0 Å². The molecule has 2 heterocycles. The molecule has 1 unspecified atom stereocenters. The number of nitrogens with one attached hydrogen (secondary N) is 1. The average molecular weight is 359 g/mol. The second-order valence-electron chi connectivity index (χ2n) is 3.96. The summed E-state index contributed by atoms with van der Waals surface area (Å²) in [6.07, 6.45) is 3.63. The largest absolute Gasteiger partial charge is 0.348 e. The molecule has 2 aromatic heterocycles. The van der Waals surface area contributed by atoms with Crippen molar-refractivity contribution in [3.63, 3.8) is 0 Å². The lowest BCUT2D eigenvalue weighted by Crippen LogP contribution is -2.09. The Labute approximate surface area is 119 Å². The average Bonchev–Trinajstić information content (AvgIpc) is 2.61. The van der Waals surface area contributed by atoms with Gasteiger partial charge in [-0.25, -0.2) is 9.97 Å². The van der Waals surface area contributed by atoms with Crippen molar-refractivity contribution in [1.29, 1.82) is 0 Å². The van der Waals surface area contributed by atoms with Crippen LogP contribution in [0.25, 0.3) is 0 Å². The summed E-state index contributed by atoms with van der Waals surface area (Å²) >= 11 is 4.03. The van der Waals surface area contributed by atoms with Crippen molar-refractivity contribution in [3.05, 3.63) is 37.3 Å². The number of nitrogens with zero attached hydrogens (tertiary/aromatic N) is 2. The van der Waals surface area contributed by atoms with Crippen molar-refractivity contribution in [2.45, 2.75) is 26.8 Å². The predicted molar refractivity (Wildman–Crippen MR) is 80.6 cm³/mol. The number of hydrogen-bond acceptors (Lipinski definition) is 4. The maximum Gasteiger partial charge on any atom is 0.223 e. The normalized spacial score (nSPS) is 12.5. The Morgan fingerprint density at radius 3 is 2.47 bits per heavy atom. The van der Waals surface area contributed by atoms with Gasteiger partial charge in [0.25, 0.3) is 0 Å². The number of thiophene rings is 1. The lowest BCUT2D eigenvalue weighted by molar-refractivity contribution is 0.857. The molecule has 2 rings (SSSR count). The molecule has 90 valence electrons. The quantitative estimate of drug-likeness (QED) is 0.844. The van der Waals surface area contributed by atoms with Gasteiger partial charge in [0.15, 0.2) is 0 Å². The number of aryl methyl sites for hydroxylation is 2. The SMILES string of the molecule is Cc1cc(C(C)Nc2ncc(I)cn2)c(C)s1. The molecule has 1 atom stereocenters. The summed E-state index contributed by atoms with van der Waals surface area (Å²) in [4.78, 5) is 11.2. The van der Waals surface area contributed by atoms with Crippen LogP contribution < -0.4 is 5.32 Å². The maximum absolute atomic E-state index is 4.25. The highest BCUT2D eigenvalue weighted by molar-refractivity contribution is 14.1. The maximum atomic E-state index is 4.25. The van der Waals surface area contributed by atoms with Gasteiger partial charge in [-0.15, -0.1) is 11.3 Å². The van der Waals surface area contributed by atoms with Gasteiger partial charge in [-0.2, -0.15) is 0 Å². The molecule has 0 radical (unpaired) electrons. The lowest BCUT2D eigenvalue weighted by Gasteiger charge is -2.13. The zero-order valence-corrected chi connectivity index (χ0v) is 13.0. The number of halogens is 1. The zero-order valence-electron chi connectivity index (χ0n) is 9.99. The Morgan fingerprint density at radius 2 is 1.94 bits per heavy atom. The minimum atomic E-state index is 0.236. The minimum absolute atomic E-state index is 0.236. The minimum Gasteiger partial charge on any atom is -0.348 e. The molecule has 0 fully saturated rings. The van der Waals surface area contributed by atoms with Crippen LogP contribution in [-0.4, -0.2) is 9.97 Å². The van der Waals surface area contributed by atoms with E-state index in [0.717, 1.165) is 3.57 Å². The third kappa shape index (κ3) is 3.16. The summed E-state index contributed by atoms with van der Waals surface area (Å²) in [6.45, 7) is 6.42. The van der Waals surface area contributed by atoms with Gasteiger partial charge in [-0.3, -0.25) is 0 Å². The topological polar surface area (TPSA) is 37.8 Å². The van der Waals surface area contributed by atoms with Crippen LogP contribution >= 0.6 is 33.9 Å². The monoisotopic (exact) mass is 359 g/mol. The van der Waals surface area contributed by atoms with Crippen molar-refractivity contribution in [2.24, 2.45) is 0 Å². The molecule has 0 spiro atoms. The van der Waals surface area contributed by atoms with Gasteiger partial charge in [0.05, 0.1) is 6.04 Å². The van der Waals surface area contributed by atoms with Crippen LogP contribution in [0.3, 0.4) is 0 Å². The highest BCUT2D eigenvalue weighted by atomic mass is 127. The van der Waals surface area contributed by atoms with E-state index < -0.39 is 0 Å². The van der Waals surface area contributed by atoms with Gasteiger partial charge in [0, 0.05) is 25.7 Å². The smallest absolute Gasteiger partial charge is 0.223 e.